The fourth-order valence-corrected chi connectivity index (χ4v) is 2.66. The lowest BCUT2D eigenvalue weighted by Crippen LogP contribution is -2.35. The fraction of sp³-hybridized carbons (Fsp3) is 0.158. The number of carbonyl (C=O) groups is 2. The van der Waals surface area contributed by atoms with Gasteiger partial charge in [-0.15, -0.1) is 6.58 Å². The van der Waals surface area contributed by atoms with Gasteiger partial charge in [0.1, 0.15) is 11.6 Å². The van der Waals surface area contributed by atoms with Crippen LogP contribution < -0.4 is 10.5 Å². The van der Waals surface area contributed by atoms with Gasteiger partial charge in [0.15, 0.2) is 6.61 Å². The van der Waals surface area contributed by atoms with Crippen molar-refractivity contribution in [1.82, 2.24) is 4.90 Å². The van der Waals surface area contributed by atoms with Crippen LogP contribution in [0, 0.1) is 5.82 Å². The highest BCUT2D eigenvalue weighted by atomic mass is 79.9. The van der Waals surface area contributed by atoms with Gasteiger partial charge in [-0.25, -0.2) is 4.39 Å². The maximum absolute atomic E-state index is 13.9. The number of halogens is 2. The van der Waals surface area contributed by atoms with Crippen molar-refractivity contribution in [1.29, 1.82) is 0 Å². The van der Waals surface area contributed by atoms with Gasteiger partial charge in [-0.2, -0.15) is 0 Å². The number of hydrogen-bond acceptors (Lipinski definition) is 3. The molecule has 5 nitrogen and oxygen atoms in total. The first-order valence-electron chi connectivity index (χ1n) is 7.76. The Morgan fingerprint density at radius 3 is 2.73 bits per heavy atom. The molecule has 0 aliphatic carbocycles. The minimum absolute atomic E-state index is 0.0841. The van der Waals surface area contributed by atoms with Crippen LogP contribution in [0.3, 0.4) is 0 Å². The van der Waals surface area contributed by atoms with Crippen molar-refractivity contribution >= 4 is 27.7 Å². The number of nitrogens with two attached hydrogens (primary N) is 1. The predicted molar refractivity (Wildman–Crippen MR) is 100 cm³/mol. The Morgan fingerprint density at radius 2 is 2.04 bits per heavy atom. The van der Waals surface area contributed by atoms with Gasteiger partial charge in [0.2, 0.25) is 5.91 Å². The van der Waals surface area contributed by atoms with Crippen molar-refractivity contribution in [2.24, 2.45) is 5.73 Å². The summed E-state index contributed by atoms with van der Waals surface area (Å²) in [4.78, 5) is 25.1. The Kier molecular flexibility index (Phi) is 6.91. The third-order valence-electron chi connectivity index (χ3n) is 3.55. The molecular formula is C19H18BrFN2O3. The zero-order chi connectivity index (χ0) is 19.1. The van der Waals surface area contributed by atoms with E-state index in [0.717, 1.165) is 4.47 Å². The molecule has 0 atom stereocenters. The molecule has 26 heavy (non-hydrogen) atoms. The van der Waals surface area contributed by atoms with Gasteiger partial charge in [-0.3, -0.25) is 9.59 Å². The second-order valence-corrected chi connectivity index (χ2v) is 6.40. The number of ether oxygens (including phenoxy) is 1. The monoisotopic (exact) mass is 420 g/mol. The molecule has 0 unspecified atom stereocenters. The number of nitrogens with zero attached hydrogens (tertiary/aromatic N) is 1. The van der Waals surface area contributed by atoms with E-state index in [4.69, 9.17) is 10.5 Å². The highest BCUT2D eigenvalue weighted by molar-refractivity contribution is 9.10. The number of carbonyl (C=O) groups excluding carboxylic acids is 2. The molecule has 0 saturated carbocycles. The average Bonchev–Trinajstić information content (AvgIpc) is 2.62. The molecule has 2 rings (SSSR count). The quantitative estimate of drug-likeness (QED) is 0.665. The van der Waals surface area contributed by atoms with Crippen LogP contribution in [0.15, 0.2) is 59.6 Å². The lowest BCUT2D eigenvalue weighted by atomic mass is 10.2. The number of amides is 2. The standard InChI is InChI=1S/C19H18BrFN2O3/c1-2-8-23(11-14-9-15(20)6-7-17(14)21)18(24)12-26-16-5-3-4-13(10-16)19(22)25/h2-7,9-10H,1,8,11-12H2,(H2,22,25). The van der Waals surface area contributed by atoms with Gasteiger partial charge in [-0.1, -0.05) is 28.1 Å². The van der Waals surface area contributed by atoms with Crippen molar-refractivity contribution in [2.75, 3.05) is 13.2 Å². The molecule has 0 aromatic heterocycles. The van der Waals surface area contributed by atoms with Crippen LogP contribution in [0.5, 0.6) is 5.75 Å². The molecule has 136 valence electrons. The second-order valence-electron chi connectivity index (χ2n) is 5.48. The Balaban J connectivity index is 2.06. The minimum atomic E-state index is -0.583. The van der Waals surface area contributed by atoms with Crippen LogP contribution in [0.25, 0.3) is 0 Å². The van der Waals surface area contributed by atoms with E-state index in [0.29, 0.717) is 11.3 Å². The molecule has 0 saturated heterocycles. The van der Waals surface area contributed by atoms with Gasteiger partial charge < -0.3 is 15.4 Å². The van der Waals surface area contributed by atoms with Gasteiger partial charge in [-0.05, 0) is 36.4 Å². The van der Waals surface area contributed by atoms with E-state index in [1.165, 1.54) is 17.0 Å². The third-order valence-corrected chi connectivity index (χ3v) is 4.05. The summed E-state index contributed by atoms with van der Waals surface area (Å²) in [5.41, 5.74) is 5.88. The van der Waals surface area contributed by atoms with Crippen molar-refractivity contribution in [3.05, 3.63) is 76.5 Å². The molecule has 2 aromatic rings. The average molecular weight is 421 g/mol. The lowest BCUT2D eigenvalue weighted by molar-refractivity contribution is -0.133. The number of benzene rings is 2. The van der Waals surface area contributed by atoms with Gasteiger partial charge in [0.25, 0.3) is 5.91 Å². The number of rotatable bonds is 8. The summed E-state index contributed by atoms with van der Waals surface area (Å²) in [6.45, 7) is 3.70. The molecule has 0 fully saturated rings. The zero-order valence-electron chi connectivity index (χ0n) is 14.0. The Morgan fingerprint density at radius 1 is 1.27 bits per heavy atom. The highest BCUT2D eigenvalue weighted by Gasteiger charge is 2.16. The van der Waals surface area contributed by atoms with Crippen molar-refractivity contribution in [3.63, 3.8) is 0 Å². The Bertz CT molecular complexity index is 826. The summed E-state index contributed by atoms with van der Waals surface area (Å²) in [7, 11) is 0. The molecule has 2 aromatic carbocycles. The highest BCUT2D eigenvalue weighted by Crippen LogP contribution is 2.18. The maximum Gasteiger partial charge on any atom is 0.261 e. The summed E-state index contributed by atoms with van der Waals surface area (Å²) in [5, 5.41) is 0. The van der Waals surface area contributed by atoms with Crippen molar-refractivity contribution < 1.29 is 18.7 Å². The third kappa shape index (κ3) is 5.42. The summed E-state index contributed by atoms with van der Waals surface area (Å²) >= 11 is 3.29. The molecule has 0 heterocycles. The predicted octanol–water partition coefficient (Wildman–Crippen LogP) is 3.28. The second kappa shape index (κ2) is 9.15. The van der Waals surface area contributed by atoms with E-state index in [1.807, 2.05) is 0 Å². The number of hydrogen-bond donors (Lipinski definition) is 1. The van der Waals surface area contributed by atoms with E-state index < -0.39 is 11.7 Å². The minimum Gasteiger partial charge on any atom is -0.484 e. The molecule has 2 N–H and O–H groups in total. The van der Waals surface area contributed by atoms with E-state index >= 15 is 0 Å². The Hall–Kier alpha value is -2.67. The summed E-state index contributed by atoms with van der Waals surface area (Å²) in [6, 6.07) is 10.8. The van der Waals surface area contributed by atoms with Crippen LogP contribution in [0.2, 0.25) is 0 Å². The molecule has 2 amide bonds. The van der Waals surface area contributed by atoms with Crippen LogP contribution in [-0.4, -0.2) is 29.9 Å². The van der Waals surface area contributed by atoms with Crippen LogP contribution in [0.1, 0.15) is 15.9 Å². The fourth-order valence-electron chi connectivity index (χ4n) is 2.26. The van der Waals surface area contributed by atoms with Crippen LogP contribution >= 0.6 is 15.9 Å². The van der Waals surface area contributed by atoms with Crippen LogP contribution in [-0.2, 0) is 11.3 Å². The first-order valence-corrected chi connectivity index (χ1v) is 8.55. The first-order chi connectivity index (χ1) is 12.4. The molecule has 0 radical (unpaired) electrons. The van der Waals surface area contributed by atoms with E-state index in [2.05, 4.69) is 22.5 Å². The lowest BCUT2D eigenvalue weighted by Gasteiger charge is -2.22. The molecule has 0 spiro atoms. The normalized spacial score (nSPS) is 10.2. The maximum atomic E-state index is 13.9. The molecule has 0 bridgehead atoms. The first kappa shape index (κ1) is 19.7. The zero-order valence-corrected chi connectivity index (χ0v) is 15.5. The molecule has 7 heteroatoms. The molecular weight excluding hydrogens is 403 g/mol. The SMILES string of the molecule is C=CCN(Cc1cc(Br)ccc1F)C(=O)COc1cccc(C(N)=O)c1. The van der Waals surface area contributed by atoms with Gasteiger partial charge in [0, 0.05) is 28.7 Å². The summed E-state index contributed by atoms with van der Waals surface area (Å²) in [5.74, 6) is -0.971. The number of primary amides is 1. The van der Waals surface area contributed by atoms with Crippen molar-refractivity contribution in [2.45, 2.75) is 6.54 Å². The topological polar surface area (TPSA) is 72.6 Å². The largest absolute Gasteiger partial charge is 0.484 e. The smallest absolute Gasteiger partial charge is 0.261 e. The van der Waals surface area contributed by atoms with Crippen LogP contribution in [0.4, 0.5) is 4.39 Å². The van der Waals surface area contributed by atoms with Gasteiger partial charge in [0.05, 0.1) is 0 Å². The Labute approximate surface area is 159 Å². The van der Waals surface area contributed by atoms with Crippen molar-refractivity contribution in [3.8, 4) is 5.75 Å². The molecule has 0 aliphatic heterocycles. The van der Waals surface area contributed by atoms with E-state index in [-0.39, 0.29) is 31.2 Å². The van der Waals surface area contributed by atoms with Gasteiger partial charge >= 0.3 is 0 Å². The molecule has 0 aliphatic rings. The summed E-state index contributed by atoms with van der Waals surface area (Å²) < 4.78 is 20.1. The summed E-state index contributed by atoms with van der Waals surface area (Å²) in [6.07, 6.45) is 1.56. The van der Waals surface area contributed by atoms with E-state index in [9.17, 15) is 14.0 Å². The van der Waals surface area contributed by atoms with E-state index in [1.54, 1.807) is 36.4 Å².